The fourth-order valence-corrected chi connectivity index (χ4v) is 1.43. The molecule has 0 amide bonds. The molecule has 0 N–H and O–H groups in total. The van der Waals surface area contributed by atoms with Crippen molar-refractivity contribution in [3.8, 4) is 11.8 Å². The van der Waals surface area contributed by atoms with Crippen molar-refractivity contribution < 1.29 is 4.74 Å². The van der Waals surface area contributed by atoms with E-state index in [1.165, 1.54) is 0 Å². The third-order valence-electron chi connectivity index (χ3n) is 1.82. The van der Waals surface area contributed by atoms with E-state index in [4.69, 9.17) is 10.00 Å². The molecule has 1 aromatic carbocycles. The Kier molecular flexibility index (Phi) is 3.36. The van der Waals surface area contributed by atoms with E-state index in [-0.39, 0.29) is 5.60 Å². The number of benzene rings is 1. The van der Waals surface area contributed by atoms with Gasteiger partial charge in [-0.05, 0) is 51.0 Å². The smallest absolute Gasteiger partial charge is 0.120 e. The molecule has 80 valence electrons. The zero-order valence-electron chi connectivity index (χ0n) is 9.79. The molecule has 0 aliphatic carbocycles. The summed E-state index contributed by atoms with van der Waals surface area (Å²) < 4.78 is 5.76. The molecule has 0 bridgehead atoms. The fourth-order valence-electron chi connectivity index (χ4n) is 1.43. The van der Waals surface area contributed by atoms with Crippen LogP contribution < -0.4 is 4.74 Å². The lowest BCUT2D eigenvalue weighted by Gasteiger charge is -2.21. The summed E-state index contributed by atoms with van der Waals surface area (Å²) in [5.74, 6) is 0.841. The minimum atomic E-state index is -0.197. The van der Waals surface area contributed by atoms with Crippen LogP contribution in [0.15, 0.2) is 18.2 Å². The Morgan fingerprint density at radius 3 is 2.47 bits per heavy atom. The third kappa shape index (κ3) is 4.03. The predicted molar refractivity (Wildman–Crippen MR) is 60.9 cm³/mol. The standard InChI is InChI=1S/C13H17NO/c1-10-7-11(5-6-14)9-12(8-10)15-13(2,3)4/h7-9H,5H2,1-4H3. The van der Waals surface area contributed by atoms with Crippen molar-refractivity contribution in [3.05, 3.63) is 29.3 Å². The highest BCUT2D eigenvalue weighted by atomic mass is 16.5. The maximum atomic E-state index is 8.64. The molecule has 0 unspecified atom stereocenters. The molecule has 1 aromatic rings. The second-order valence-electron chi connectivity index (χ2n) is 4.70. The molecule has 0 atom stereocenters. The molecule has 0 heterocycles. The second kappa shape index (κ2) is 4.35. The van der Waals surface area contributed by atoms with E-state index in [0.29, 0.717) is 6.42 Å². The highest BCUT2D eigenvalue weighted by molar-refractivity contribution is 5.35. The first-order chi connectivity index (χ1) is 6.90. The van der Waals surface area contributed by atoms with Gasteiger partial charge in [0.2, 0.25) is 0 Å². The number of hydrogen-bond donors (Lipinski definition) is 0. The highest BCUT2D eigenvalue weighted by Gasteiger charge is 2.12. The molecular formula is C13H17NO. The van der Waals surface area contributed by atoms with Crippen molar-refractivity contribution in [1.29, 1.82) is 5.26 Å². The molecular weight excluding hydrogens is 186 g/mol. The molecule has 15 heavy (non-hydrogen) atoms. The van der Waals surface area contributed by atoms with E-state index in [9.17, 15) is 0 Å². The summed E-state index contributed by atoms with van der Waals surface area (Å²) in [6, 6.07) is 8.08. The first-order valence-corrected chi connectivity index (χ1v) is 5.07. The van der Waals surface area contributed by atoms with Crippen molar-refractivity contribution in [1.82, 2.24) is 0 Å². The average molecular weight is 203 g/mol. The van der Waals surface area contributed by atoms with Crippen LogP contribution in [0.25, 0.3) is 0 Å². The van der Waals surface area contributed by atoms with Crippen LogP contribution in [-0.4, -0.2) is 5.60 Å². The minimum Gasteiger partial charge on any atom is -0.488 e. The van der Waals surface area contributed by atoms with Gasteiger partial charge in [-0.1, -0.05) is 6.07 Å². The molecule has 0 aliphatic rings. The first-order valence-electron chi connectivity index (χ1n) is 5.07. The molecule has 0 saturated carbocycles. The van der Waals surface area contributed by atoms with E-state index in [2.05, 4.69) is 6.07 Å². The van der Waals surface area contributed by atoms with Gasteiger partial charge in [-0.15, -0.1) is 0 Å². The molecule has 0 aromatic heterocycles. The molecule has 2 nitrogen and oxygen atoms in total. The van der Waals surface area contributed by atoms with Gasteiger partial charge in [0, 0.05) is 0 Å². The van der Waals surface area contributed by atoms with Crippen molar-refractivity contribution in [2.75, 3.05) is 0 Å². The summed E-state index contributed by atoms with van der Waals surface area (Å²) >= 11 is 0. The van der Waals surface area contributed by atoms with Crippen molar-refractivity contribution in [2.24, 2.45) is 0 Å². The summed E-state index contributed by atoms with van der Waals surface area (Å²) in [7, 11) is 0. The Labute approximate surface area is 91.5 Å². The Bertz CT molecular complexity index is 383. The number of ether oxygens (including phenoxy) is 1. The van der Waals surface area contributed by atoms with Gasteiger partial charge in [-0.25, -0.2) is 0 Å². The molecule has 0 radical (unpaired) electrons. The van der Waals surface area contributed by atoms with Crippen LogP contribution >= 0.6 is 0 Å². The third-order valence-corrected chi connectivity index (χ3v) is 1.82. The van der Waals surface area contributed by atoms with E-state index >= 15 is 0 Å². The maximum absolute atomic E-state index is 8.64. The lowest BCUT2D eigenvalue weighted by atomic mass is 10.1. The monoisotopic (exact) mass is 203 g/mol. The summed E-state index contributed by atoms with van der Waals surface area (Å²) in [6.45, 7) is 8.05. The van der Waals surface area contributed by atoms with Crippen molar-refractivity contribution in [3.63, 3.8) is 0 Å². The number of aryl methyl sites for hydroxylation is 1. The van der Waals surface area contributed by atoms with Crippen LogP contribution in [0.3, 0.4) is 0 Å². The SMILES string of the molecule is Cc1cc(CC#N)cc(OC(C)(C)C)c1. The molecule has 1 rings (SSSR count). The van der Waals surface area contributed by atoms with E-state index < -0.39 is 0 Å². The number of hydrogen-bond acceptors (Lipinski definition) is 2. The van der Waals surface area contributed by atoms with Crippen LogP contribution in [0, 0.1) is 18.3 Å². The van der Waals surface area contributed by atoms with Crippen molar-refractivity contribution >= 4 is 0 Å². The van der Waals surface area contributed by atoms with Gasteiger partial charge in [0.05, 0.1) is 12.5 Å². The zero-order chi connectivity index (χ0) is 11.5. The molecule has 0 spiro atoms. The second-order valence-corrected chi connectivity index (χ2v) is 4.70. The van der Waals surface area contributed by atoms with E-state index in [0.717, 1.165) is 16.9 Å². The van der Waals surface area contributed by atoms with Crippen molar-refractivity contribution in [2.45, 2.75) is 39.7 Å². The van der Waals surface area contributed by atoms with Crippen LogP contribution in [0.5, 0.6) is 5.75 Å². The molecule has 0 saturated heterocycles. The Balaban J connectivity index is 2.95. The van der Waals surface area contributed by atoms with E-state index in [1.807, 2.05) is 45.9 Å². The predicted octanol–water partition coefficient (Wildman–Crippen LogP) is 3.24. The van der Waals surface area contributed by atoms with Gasteiger partial charge < -0.3 is 4.74 Å². The maximum Gasteiger partial charge on any atom is 0.120 e. The fraction of sp³-hybridized carbons (Fsp3) is 0.462. The number of rotatable bonds is 2. The van der Waals surface area contributed by atoms with Gasteiger partial charge in [-0.3, -0.25) is 0 Å². The van der Waals surface area contributed by atoms with Gasteiger partial charge in [0.1, 0.15) is 11.4 Å². The summed E-state index contributed by atoms with van der Waals surface area (Å²) in [5, 5.41) is 8.64. The molecule has 2 heteroatoms. The summed E-state index contributed by atoms with van der Waals surface area (Å²) in [5.41, 5.74) is 1.94. The Morgan fingerprint density at radius 1 is 1.27 bits per heavy atom. The summed E-state index contributed by atoms with van der Waals surface area (Å²) in [4.78, 5) is 0. The van der Waals surface area contributed by atoms with Gasteiger partial charge in [-0.2, -0.15) is 5.26 Å². The number of nitriles is 1. The topological polar surface area (TPSA) is 33.0 Å². The first kappa shape index (κ1) is 11.6. The Morgan fingerprint density at radius 2 is 1.93 bits per heavy atom. The summed E-state index contributed by atoms with van der Waals surface area (Å²) in [6.07, 6.45) is 0.433. The number of nitrogens with zero attached hydrogens (tertiary/aromatic N) is 1. The zero-order valence-corrected chi connectivity index (χ0v) is 9.79. The molecule has 0 fully saturated rings. The van der Waals surface area contributed by atoms with Crippen LogP contribution in [0.4, 0.5) is 0 Å². The van der Waals surface area contributed by atoms with Crippen LogP contribution in [0.1, 0.15) is 31.9 Å². The van der Waals surface area contributed by atoms with Crippen LogP contribution in [-0.2, 0) is 6.42 Å². The van der Waals surface area contributed by atoms with Gasteiger partial charge in [0.15, 0.2) is 0 Å². The quantitative estimate of drug-likeness (QED) is 0.739. The average Bonchev–Trinajstić information content (AvgIpc) is 1.99. The van der Waals surface area contributed by atoms with E-state index in [1.54, 1.807) is 0 Å². The normalized spacial score (nSPS) is 10.9. The highest BCUT2D eigenvalue weighted by Crippen LogP contribution is 2.21. The van der Waals surface area contributed by atoms with Gasteiger partial charge in [0.25, 0.3) is 0 Å². The van der Waals surface area contributed by atoms with Gasteiger partial charge >= 0.3 is 0 Å². The minimum absolute atomic E-state index is 0.197. The van der Waals surface area contributed by atoms with Crippen LogP contribution in [0.2, 0.25) is 0 Å². The lowest BCUT2D eigenvalue weighted by Crippen LogP contribution is -2.23. The Hall–Kier alpha value is -1.49. The molecule has 0 aliphatic heterocycles. The largest absolute Gasteiger partial charge is 0.488 e. The lowest BCUT2D eigenvalue weighted by molar-refractivity contribution is 0.131.